The van der Waals surface area contributed by atoms with Crippen LogP contribution in [0.4, 0.5) is 0 Å². The second-order valence-corrected chi connectivity index (χ2v) is 7.71. The van der Waals surface area contributed by atoms with E-state index in [2.05, 4.69) is 17.4 Å². The molecular formula is C25H24ClNO4. The number of hydrogen-bond acceptors (Lipinski definition) is 4. The largest absolute Gasteiger partial charge is 0.495 e. The molecule has 31 heavy (non-hydrogen) atoms. The minimum Gasteiger partial charge on any atom is -0.495 e. The van der Waals surface area contributed by atoms with Crippen molar-refractivity contribution >= 4 is 17.5 Å². The fraction of sp³-hybridized carbons (Fsp3) is 0.240. The third-order valence-corrected chi connectivity index (χ3v) is 5.55. The molecule has 0 bridgehead atoms. The number of halogens is 1. The summed E-state index contributed by atoms with van der Waals surface area (Å²) in [6.45, 7) is 1.06. The molecule has 5 nitrogen and oxygen atoms in total. The number of hydrogen-bond donors (Lipinski definition) is 1. The van der Waals surface area contributed by atoms with Gasteiger partial charge in [-0.1, -0.05) is 48.0 Å². The lowest BCUT2D eigenvalue weighted by Crippen LogP contribution is -2.29. The lowest BCUT2D eigenvalue weighted by atomic mass is 9.98. The van der Waals surface area contributed by atoms with Gasteiger partial charge in [-0.3, -0.25) is 4.79 Å². The van der Waals surface area contributed by atoms with E-state index in [1.165, 1.54) is 5.56 Å². The fourth-order valence-electron chi connectivity index (χ4n) is 3.60. The van der Waals surface area contributed by atoms with Crippen molar-refractivity contribution in [3.05, 3.63) is 88.4 Å². The summed E-state index contributed by atoms with van der Waals surface area (Å²) in [6.07, 6.45) is 1.56. The molecule has 0 aliphatic carbocycles. The van der Waals surface area contributed by atoms with Crippen molar-refractivity contribution in [1.82, 2.24) is 5.32 Å². The first kappa shape index (κ1) is 21.1. The summed E-state index contributed by atoms with van der Waals surface area (Å²) in [5, 5.41) is 3.56. The predicted octanol–water partition coefficient (Wildman–Crippen LogP) is 5.22. The van der Waals surface area contributed by atoms with Crippen LogP contribution in [0.1, 0.15) is 33.9 Å². The lowest BCUT2D eigenvalue weighted by Gasteiger charge is -2.23. The van der Waals surface area contributed by atoms with Crippen LogP contribution in [0, 0.1) is 0 Å². The zero-order chi connectivity index (χ0) is 21.6. The maximum Gasteiger partial charge on any atom is 0.251 e. The number of rotatable bonds is 7. The van der Waals surface area contributed by atoms with Crippen LogP contribution in [0.5, 0.6) is 17.2 Å². The van der Waals surface area contributed by atoms with Crippen LogP contribution in [0.3, 0.4) is 0 Å². The Balaban J connectivity index is 1.57. The SMILES string of the molecule is COc1ccc(C(=O)NC(CCc2ccccc2)c2ccc3c(c2)OCCO3)cc1Cl. The molecule has 1 amide bonds. The van der Waals surface area contributed by atoms with Crippen LogP contribution in [0.2, 0.25) is 5.02 Å². The summed E-state index contributed by atoms with van der Waals surface area (Å²) in [7, 11) is 1.54. The molecular weight excluding hydrogens is 414 g/mol. The Kier molecular flexibility index (Phi) is 6.63. The Bertz CT molecular complexity index is 1050. The molecule has 0 aromatic heterocycles. The van der Waals surface area contributed by atoms with Crippen LogP contribution in [-0.2, 0) is 6.42 Å². The van der Waals surface area contributed by atoms with Gasteiger partial charge in [0, 0.05) is 5.56 Å². The molecule has 160 valence electrons. The first-order chi connectivity index (χ1) is 15.1. The van der Waals surface area contributed by atoms with E-state index in [1.807, 2.05) is 36.4 Å². The van der Waals surface area contributed by atoms with Crippen molar-refractivity contribution in [3.8, 4) is 17.2 Å². The van der Waals surface area contributed by atoms with Gasteiger partial charge in [0.2, 0.25) is 0 Å². The minimum absolute atomic E-state index is 0.197. The molecule has 1 unspecified atom stereocenters. The number of fused-ring (bicyclic) bond motifs is 1. The monoisotopic (exact) mass is 437 g/mol. The zero-order valence-corrected chi connectivity index (χ0v) is 18.0. The van der Waals surface area contributed by atoms with Gasteiger partial charge in [-0.05, 0) is 54.3 Å². The first-order valence-corrected chi connectivity index (χ1v) is 10.6. The van der Waals surface area contributed by atoms with Gasteiger partial charge < -0.3 is 19.5 Å². The lowest BCUT2D eigenvalue weighted by molar-refractivity contribution is 0.0934. The van der Waals surface area contributed by atoms with E-state index in [0.717, 1.165) is 24.2 Å². The molecule has 1 aliphatic rings. The van der Waals surface area contributed by atoms with Crippen LogP contribution in [0.25, 0.3) is 0 Å². The summed E-state index contributed by atoms with van der Waals surface area (Å²) in [4.78, 5) is 13.0. The van der Waals surface area contributed by atoms with Crippen LogP contribution >= 0.6 is 11.6 Å². The van der Waals surface area contributed by atoms with Gasteiger partial charge in [-0.15, -0.1) is 0 Å². The summed E-state index contributed by atoms with van der Waals surface area (Å²) in [6, 6.07) is 20.9. The van der Waals surface area contributed by atoms with Crippen molar-refractivity contribution in [3.63, 3.8) is 0 Å². The summed E-state index contributed by atoms with van der Waals surface area (Å²) < 4.78 is 16.6. The Morgan fingerprint density at radius 2 is 1.81 bits per heavy atom. The third kappa shape index (κ3) is 5.12. The van der Waals surface area contributed by atoms with Crippen molar-refractivity contribution < 1.29 is 19.0 Å². The number of carbonyl (C=O) groups excluding carboxylic acids is 1. The molecule has 1 aliphatic heterocycles. The number of carbonyl (C=O) groups is 1. The molecule has 0 spiro atoms. The standard InChI is InChI=1S/C25H24ClNO4/c1-29-22-11-9-19(15-20(22)26)25(28)27-21(10-7-17-5-3-2-4-6-17)18-8-12-23-24(16-18)31-14-13-30-23/h2-6,8-9,11-12,15-16,21H,7,10,13-14H2,1H3,(H,27,28). The Hall–Kier alpha value is -3.18. The topological polar surface area (TPSA) is 56.8 Å². The molecule has 0 saturated heterocycles. The molecule has 0 radical (unpaired) electrons. The summed E-state index contributed by atoms with van der Waals surface area (Å²) in [5.41, 5.74) is 2.66. The summed E-state index contributed by atoms with van der Waals surface area (Å²) in [5.74, 6) is 1.77. The van der Waals surface area contributed by atoms with Crippen LogP contribution < -0.4 is 19.5 Å². The van der Waals surface area contributed by atoms with Crippen molar-refractivity contribution in [1.29, 1.82) is 0 Å². The normalized spacial score (nSPS) is 13.4. The molecule has 3 aromatic rings. The Labute approximate surface area is 186 Å². The maximum atomic E-state index is 13.0. The predicted molar refractivity (Wildman–Crippen MR) is 120 cm³/mol. The molecule has 4 rings (SSSR count). The first-order valence-electron chi connectivity index (χ1n) is 10.2. The van der Waals surface area contributed by atoms with Gasteiger partial charge in [-0.2, -0.15) is 0 Å². The number of benzene rings is 3. The number of amides is 1. The van der Waals surface area contributed by atoms with Gasteiger partial charge in [0.05, 0.1) is 18.2 Å². The van der Waals surface area contributed by atoms with Crippen LogP contribution in [-0.4, -0.2) is 26.2 Å². The highest BCUT2D eigenvalue weighted by atomic mass is 35.5. The third-order valence-electron chi connectivity index (χ3n) is 5.25. The fourth-order valence-corrected chi connectivity index (χ4v) is 3.86. The minimum atomic E-state index is -0.204. The molecule has 1 atom stereocenters. The number of aryl methyl sites for hydroxylation is 1. The van der Waals surface area contributed by atoms with Gasteiger partial charge in [0.1, 0.15) is 19.0 Å². The number of methoxy groups -OCH3 is 1. The van der Waals surface area contributed by atoms with Crippen molar-refractivity contribution in [2.24, 2.45) is 0 Å². The van der Waals surface area contributed by atoms with Gasteiger partial charge in [0.25, 0.3) is 5.91 Å². The molecule has 3 aromatic carbocycles. The highest BCUT2D eigenvalue weighted by molar-refractivity contribution is 6.32. The van der Waals surface area contributed by atoms with Gasteiger partial charge >= 0.3 is 0 Å². The molecule has 0 fully saturated rings. The summed E-state index contributed by atoms with van der Waals surface area (Å²) >= 11 is 6.21. The van der Waals surface area contributed by atoms with Crippen molar-refractivity contribution in [2.75, 3.05) is 20.3 Å². The van der Waals surface area contributed by atoms with E-state index in [9.17, 15) is 4.79 Å². The highest BCUT2D eigenvalue weighted by Gasteiger charge is 2.20. The quantitative estimate of drug-likeness (QED) is 0.550. The average Bonchev–Trinajstić information content (AvgIpc) is 2.82. The Morgan fingerprint density at radius 1 is 1.03 bits per heavy atom. The molecule has 1 N–H and O–H groups in total. The van der Waals surface area contributed by atoms with E-state index in [0.29, 0.717) is 35.3 Å². The van der Waals surface area contributed by atoms with E-state index in [1.54, 1.807) is 25.3 Å². The average molecular weight is 438 g/mol. The van der Waals surface area contributed by atoms with Crippen LogP contribution in [0.15, 0.2) is 66.7 Å². The molecule has 6 heteroatoms. The second kappa shape index (κ2) is 9.75. The zero-order valence-electron chi connectivity index (χ0n) is 17.3. The molecule has 0 saturated carbocycles. The van der Waals surface area contributed by atoms with Gasteiger partial charge in [0.15, 0.2) is 11.5 Å². The maximum absolute atomic E-state index is 13.0. The van der Waals surface area contributed by atoms with E-state index in [-0.39, 0.29) is 11.9 Å². The van der Waals surface area contributed by atoms with E-state index in [4.69, 9.17) is 25.8 Å². The smallest absolute Gasteiger partial charge is 0.251 e. The molecule has 1 heterocycles. The van der Waals surface area contributed by atoms with E-state index >= 15 is 0 Å². The number of ether oxygens (including phenoxy) is 3. The van der Waals surface area contributed by atoms with E-state index < -0.39 is 0 Å². The highest BCUT2D eigenvalue weighted by Crippen LogP contribution is 2.34. The van der Waals surface area contributed by atoms with Crippen molar-refractivity contribution in [2.45, 2.75) is 18.9 Å². The second-order valence-electron chi connectivity index (χ2n) is 7.30. The van der Waals surface area contributed by atoms with Gasteiger partial charge in [-0.25, -0.2) is 0 Å². The number of nitrogens with one attached hydrogen (secondary N) is 1. The Morgan fingerprint density at radius 3 is 2.55 bits per heavy atom.